The van der Waals surface area contributed by atoms with Crippen LogP contribution in [0.5, 0.6) is 0 Å². The molecule has 29 heavy (non-hydrogen) atoms. The Morgan fingerprint density at radius 3 is 2.45 bits per heavy atom. The van der Waals surface area contributed by atoms with Gasteiger partial charge in [0.25, 0.3) is 0 Å². The van der Waals surface area contributed by atoms with Crippen LogP contribution >= 0.6 is 0 Å². The Labute approximate surface area is 181 Å². The topological polar surface area (TPSA) is 0 Å². The molecule has 0 N–H and O–H groups in total. The molecule has 0 nitrogen and oxygen atoms in total. The van der Waals surface area contributed by atoms with E-state index in [9.17, 15) is 0 Å². The fourth-order valence-corrected chi connectivity index (χ4v) is 7.05. The monoisotopic (exact) mass is 394 g/mol. The van der Waals surface area contributed by atoms with E-state index in [2.05, 4.69) is 32.0 Å². The van der Waals surface area contributed by atoms with E-state index < -0.39 is 0 Å². The van der Waals surface area contributed by atoms with Crippen molar-refractivity contribution in [3.8, 4) is 0 Å². The highest BCUT2D eigenvalue weighted by Gasteiger charge is 2.35. The third-order valence-corrected chi connectivity index (χ3v) is 9.05. The second kappa shape index (κ2) is 10.5. The van der Waals surface area contributed by atoms with Crippen LogP contribution in [-0.4, -0.2) is 0 Å². The lowest BCUT2D eigenvalue weighted by molar-refractivity contribution is 0.116. The van der Waals surface area contributed by atoms with Crippen molar-refractivity contribution in [2.24, 2.45) is 23.7 Å². The molecular weight excluding hydrogens is 348 g/mol. The average Bonchev–Trinajstić information content (AvgIpc) is 2.77. The number of benzene rings is 1. The molecule has 1 aromatic carbocycles. The Kier molecular flexibility index (Phi) is 7.77. The summed E-state index contributed by atoms with van der Waals surface area (Å²) in [6, 6.07) is 7.72. The van der Waals surface area contributed by atoms with Gasteiger partial charge in [-0.05, 0) is 97.6 Å². The molecule has 5 atom stereocenters. The van der Waals surface area contributed by atoms with E-state index in [1.165, 1.54) is 103 Å². The van der Waals surface area contributed by atoms with Gasteiger partial charge < -0.3 is 0 Å². The molecule has 3 aliphatic carbocycles. The second-order valence-corrected chi connectivity index (χ2v) is 11.0. The van der Waals surface area contributed by atoms with Crippen molar-refractivity contribution in [1.82, 2.24) is 0 Å². The van der Waals surface area contributed by atoms with E-state index in [0.29, 0.717) is 0 Å². The second-order valence-electron chi connectivity index (χ2n) is 11.0. The van der Waals surface area contributed by atoms with Gasteiger partial charge in [-0.15, -0.1) is 0 Å². The third kappa shape index (κ3) is 5.48. The van der Waals surface area contributed by atoms with Crippen LogP contribution in [-0.2, 0) is 12.8 Å². The highest BCUT2D eigenvalue weighted by molar-refractivity contribution is 5.36. The van der Waals surface area contributed by atoms with Crippen molar-refractivity contribution in [3.63, 3.8) is 0 Å². The summed E-state index contributed by atoms with van der Waals surface area (Å²) in [5.74, 6) is 4.94. The lowest BCUT2D eigenvalue weighted by Crippen LogP contribution is -2.30. The zero-order valence-electron chi connectivity index (χ0n) is 19.4. The Morgan fingerprint density at radius 1 is 0.759 bits per heavy atom. The molecule has 0 radical (unpaired) electrons. The number of hydrogen-bond donors (Lipinski definition) is 0. The van der Waals surface area contributed by atoms with E-state index in [0.717, 1.165) is 29.6 Å². The van der Waals surface area contributed by atoms with Crippen LogP contribution in [0.1, 0.15) is 126 Å². The lowest BCUT2D eigenvalue weighted by Gasteiger charge is -2.42. The van der Waals surface area contributed by atoms with Crippen LogP contribution in [0.3, 0.4) is 0 Å². The predicted octanol–water partition coefficient (Wildman–Crippen LogP) is 8.86. The van der Waals surface area contributed by atoms with E-state index >= 15 is 0 Å². The summed E-state index contributed by atoms with van der Waals surface area (Å²) >= 11 is 0. The molecule has 0 aromatic heterocycles. The zero-order chi connectivity index (χ0) is 20.1. The number of rotatable bonds is 8. The van der Waals surface area contributed by atoms with Crippen LogP contribution in [0.15, 0.2) is 18.2 Å². The molecule has 0 heterocycles. The molecule has 2 saturated carbocycles. The lowest BCUT2D eigenvalue weighted by atomic mass is 9.63. The van der Waals surface area contributed by atoms with Gasteiger partial charge in [0.05, 0.1) is 0 Å². The Balaban J connectivity index is 1.29. The fourth-order valence-electron chi connectivity index (χ4n) is 7.05. The number of fused-ring (bicyclic) bond motifs is 2. The van der Waals surface area contributed by atoms with E-state index in [1.54, 1.807) is 16.7 Å². The van der Waals surface area contributed by atoms with E-state index in [1.807, 2.05) is 0 Å². The molecule has 5 unspecified atom stereocenters. The van der Waals surface area contributed by atoms with E-state index in [-0.39, 0.29) is 0 Å². The Morgan fingerprint density at radius 2 is 1.59 bits per heavy atom. The van der Waals surface area contributed by atoms with Crippen molar-refractivity contribution in [2.75, 3.05) is 0 Å². The highest BCUT2D eigenvalue weighted by atomic mass is 14.4. The molecule has 0 heteroatoms. The number of aryl methyl sites for hydroxylation is 1. The summed E-state index contributed by atoms with van der Waals surface area (Å²) in [5, 5.41) is 0. The van der Waals surface area contributed by atoms with Crippen molar-refractivity contribution < 1.29 is 0 Å². The molecule has 0 bridgehead atoms. The van der Waals surface area contributed by atoms with Gasteiger partial charge in [0.15, 0.2) is 0 Å². The average molecular weight is 395 g/mol. The van der Waals surface area contributed by atoms with Crippen LogP contribution in [0.4, 0.5) is 0 Å². The quantitative estimate of drug-likeness (QED) is 0.386. The maximum atomic E-state index is 2.65. The van der Waals surface area contributed by atoms with Crippen molar-refractivity contribution >= 4 is 0 Å². The SMILES string of the molecule is CCCCCCCC1CCc2cc(C3CCC4CC(CC)CCC4C3)ccc2C1. The predicted molar refractivity (Wildman–Crippen MR) is 127 cm³/mol. The molecular formula is C29H46. The fraction of sp³-hybridized carbons (Fsp3) is 0.793. The van der Waals surface area contributed by atoms with Crippen molar-refractivity contribution in [1.29, 1.82) is 0 Å². The minimum atomic E-state index is 0.857. The summed E-state index contributed by atoms with van der Waals surface area (Å²) in [6.45, 7) is 4.72. The van der Waals surface area contributed by atoms with Gasteiger partial charge in [0, 0.05) is 0 Å². The first-order valence-electron chi connectivity index (χ1n) is 13.4. The number of unbranched alkanes of at least 4 members (excludes halogenated alkanes) is 4. The minimum absolute atomic E-state index is 0.857. The first kappa shape index (κ1) is 21.5. The molecule has 0 amide bonds. The van der Waals surface area contributed by atoms with Gasteiger partial charge in [0.1, 0.15) is 0 Å². The minimum Gasteiger partial charge on any atom is -0.0654 e. The van der Waals surface area contributed by atoms with E-state index in [4.69, 9.17) is 0 Å². The summed E-state index contributed by atoms with van der Waals surface area (Å²) in [5.41, 5.74) is 5.09. The van der Waals surface area contributed by atoms with Gasteiger partial charge in [-0.25, -0.2) is 0 Å². The van der Waals surface area contributed by atoms with Gasteiger partial charge in [-0.3, -0.25) is 0 Å². The molecule has 3 aliphatic rings. The largest absolute Gasteiger partial charge is 0.0654 e. The normalized spacial score (nSPS) is 31.9. The van der Waals surface area contributed by atoms with Gasteiger partial charge >= 0.3 is 0 Å². The van der Waals surface area contributed by atoms with Gasteiger partial charge in [-0.2, -0.15) is 0 Å². The molecule has 162 valence electrons. The van der Waals surface area contributed by atoms with Crippen LogP contribution in [0.2, 0.25) is 0 Å². The first-order valence-corrected chi connectivity index (χ1v) is 13.4. The maximum Gasteiger partial charge on any atom is -0.0159 e. The highest BCUT2D eigenvalue weighted by Crippen LogP contribution is 2.48. The first-order chi connectivity index (χ1) is 14.3. The molecule has 0 spiro atoms. The van der Waals surface area contributed by atoms with Crippen LogP contribution < -0.4 is 0 Å². The van der Waals surface area contributed by atoms with Gasteiger partial charge in [0.2, 0.25) is 0 Å². The zero-order valence-corrected chi connectivity index (χ0v) is 19.4. The molecule has 0 aliphatic heterocycles. The molecule has 1 aromatic rings. The maximum absolute atomic E-state index is 2.65. The summed E-state index contributed by atoms with van der Waals surface area (Å²) in [4.78, 5) is 0. The molecule has 2 fully saturated rings. The summed E-state index contributed by atoms with van der Waals surface area (Å²) in [7, 11) is 0. The smallest absolute Gasteiger partial charge is 0.0159 e. The molecule has 0 saturated heterocycles. The summed E-state index contributed by atoms with van der Waals surface area (Å²) < 4.78 is 0. The number of hydrogen-bond acceptors (Lipinski definition) is 0. The Hall–Kier alpha value is -0.780. The van der Waals surface area contributed by atoms with Crippen molar-refractivity contribution in [3.05, 3.63) is 34.9 Å². The van der Waals surface area contributed by atoms with Gasteiger partial charge in [-0.1, -0.05) is 83.4 Å². The Bertz CT molecular complexity index is 629. The third-order valence-electron chi connectivity index (χ3n) is 9.05. The molecule has 4 rings (SSSR count). The van der Waals surface area contributed by atoms with Crippen molar-refractivity contribution in [2.45, 2.75) is 122 Å². The van der Waals surface area contributed by atoms with Crippen LogP contribution in [0, 0.1) is 23.7 Å². The van der Waals surface area contributed by atoms with Crippen LogP contribution in [0.25, 0.3) is 0 Å². The summed E-state index contributed by atoms with van der Waals surface area (Å²) in [6.07, 6.45) is 23.2. The standard InChI is InChI=1S/C29H46/c1-3-5-6-7-8-9-23-11-13-27-21-29(17-15-25(27)19-23)28-16-14-24-18-22(4-2)10-12-26(24)20-28/h15,17,21-24,26,28H,3-14,16,18-20H2,1-2H3.